The molecule has 3 unspecified atom stereocenters. The van der Waals surface area contributed by atoms with Crippen LogP contribution in [0.4, 0.5) is 114 Å². The molecule has 0 aromatic carbocycles. The summed E-state index contributed by atoms with van der Waals surface area (Å²) in [7, 11) is 0. The molecule has 0 saturated heterocycles. The van der Waals surface area contributed by atoms with Gasteiger partial charge in [-0.05, 0) is 0 Å². The first-order valence-electron chi connectivity index (χ1n) is 13.1. The largest absolute Gasteiger partial charge is 0.455 e. The molecule has 59 heavy (non-hydrogen) atoms. The number of hydrogen-bond acceptors (Lipinski definition) is 9. The van der Waals surface area contributed by atoms with Crippen molar-refractivity contribution in [3.8, 4) is 0 Å². The molecule has 0 spiro atoms. The zero-order valence-electron chi connectivity index (χ0n) is 26.7. The van der Waals surface area contributed by atoms with E-state index in [4.69, 9.17) is 0 Å². The molecule has 0 rings (SSSR count). The van der Waals surface area contributed by atoms with Crippen molar-refractivity contribution in [3.05, 3.63) is 37.2 Å². The molecule has 0 bridgehead atoms. The van der Waals surface area contributed by atoms with E-state index >= 15 is 35.1 Å². The van der Waals surface area contributed by atoms with Crippen molar-refractivity contribution >= 4 is 17.9 Å². The molecule has 0 radical (unpaired) electrons. The van der Waals surface area contributed by atoms with Gasteiger partial charge < -0.3 is 14.2 Å². The van der Waals surface area contributed by atoms with Gasteiger partial charge in [0.2, 0.25) is 17.5 Å². The van der Waals surface area contributed by atoms with E-state index in [0.717, 1.165) is 0 Å². The molecule has 0 amide bonds. The highest BCUT2D eigenvalue weighted by Crippen LogP contribution is 2.71. The maximum atomic E-state index is 15.7. The first-order chi connectivity index (χ1) is 25.6. The van der Waals surface area contributed by atoms with E-state index in [1.807, 2.05) is 19.7 Å². The molecular formula is C24H12F26O9. The molecule has 9 nitrogen and oxygen atoms in total. The van der Waals surface area contributed by atoms with Gasteiger partial charge >= 0.3 is 89.8 Å². The van der Waals surface area contributed by atoms with Gasteiger partial charge in [-0.3, -0.25) is 14.2 Å². The second-order valence-corrected chi connectivity index (χ2v) is 10.3. The minimum atomic E-state index is -10.1. The molecule has 0 fully saturated rings. The Morgan fingerprint density at radius 1 is 0.356 bits per heavy atom. The van der Waals surface area contributed by atoms with Gasteiger partial charge in [-0.1, -0.05) is 19.7 Å². The Morgan fingerprint density at radius 2 is 0.542 bits per heavy atom. The summed E-state index contributed by atoms with van der Waals surface area (Å²) >= 11 is 0. The number of esters is 3. The Bertz CT molecular complexity index is 1450. The second kappa shape index (κ2) is 16.6. The Balaban J connectivity index is 9.07. The van der Waals surface area contributed by atoms with Crippen LogP contribution in [0.2, 0.25) is 0 Å². The standard InChI is InChI=1S/C24H12F26O9/c1-7(25)10(51)54-4-13(28,18(33,34)35)57-22(45,46)16(17(31,32)21(42,43)44,23(47,48)58-14(29,19(36,37)38)5-55-11(52)8(2)26)24(49,50)59-15(30,20(39,40)41)6-56-12(53)9(3)27/h1-6H2. The first kappa shape index (κ1) is 54.7. The van der Waals surface area contributed by atoms with Gasteiger partial charge in [0.1, 0.15) is 0 Å². The van der Waals surface area contributed by atoms with E-state index in [0.29, 0.717) is 0 Å². The number of alkyl halides is 23. The molecule has 35 heteroatoms. The molecule has 0 aromatic heterocycles. The maximum absolute atomic E-state index is 15.7. The summed E-state index contributed by atoms with van der Waals surface area (Å²) in [5.41, 5.74) is -10.1. The summed E-state index contributed by atoms with van der Waals surface area (Å²) in [5.74, 6) is -50.5. The summed E-state index contributed by atoms with van der Waals surface area (Å²) in [4.78, 5) is 33.1. The van der Waals surface area contributed by atoms with Crippen molar-refractivity contribution in [1.29, 1.82) is 0 Å². The molecule has 0 aliphatic carbocycles. The second-order valence-electron chi connectivity index (χ2n) is 10.3. The topological polar surface area (TPSA) is 107 Å². The van der Waals surface area contributed by atoms with Crippen molar-refractivity contribution in [3.63, 3.8) is 0 Å². The molecule has 0 aliphatic heterocycles. The highest BCUT2D eigenvalue weighted by Gasteiger charge is 3.00. The lowest BCUT2D eigenvalue weighted by Crippen LogP contribution is -2.80. The average Bonchev–Trinajstić information content (AvgIpc) is 2.97. The lowest BCUT2D eigenvalue weighted by Gasteiger charge is -2.52. The van der Waals surface area contributed by atoms with Crippen molar-refractivity contribution < 1.29 is 157 Å². The fourth-order valence-corrected chi connectivity index (χ4v) is 3.33. The van der Waals surface area contributed by atoms with Gasteiger partial charge in [-0.25, -0.2) is 14.4 Å². The number of hydrogen-bond donors (Lipinski definition) is 0. The molecule has 0 N–H and O–H groups in total. The van der Waals surface area contributed by atoms with Crippen LogP contribution in [0.15, 0.2) is 37.2 Å². The predicted octanol–water partition coefficient (Wildman–Crippen LogP) is 8.76. The van der Waals surface area contributed by atoms with Crippen molar-refractivity contribution in [1.82, 2.24) is 0 Å². The van der Waals surface area contributed by atoms with E-state index < -0.39 is 127 Å². The van der Waals surface area contributed by atoms with Gasteiger partial charge in [-0.15, -0.1) is 0 Å². The zero-order valence-corrected chi connectivity index (χ0v) is 26.7. The minimum absolute atomic E-state index is 1.64. The summed E-state index contributed by atoms with van der Waals surface area (Å²) in [6.07, 6.45) is -61.6. The highest BCUT2D eigenvalue weighted by atomic mass is 19.4. The van der Waals surface area contributed by atoms with Crippen LogP contribution in [0, 0.1) is 5.41 Å². The molecule has 0 heterocycles. The third-order valence-electron chi connectivity index (χ3n) is 6.11. The monoisotopic (exact) mass is 938 g/mol. The fourth-order valence-electron chi connectivity index (χ4n) is 3.33. The van der Waals surface area contributed by atoms with Gasteiger partial charge in [0.25, 0.3) is 0 Å². The summed E-state index contributed by atoms with van der Waals surface area (Å²) in [6.45, 7) is -6.88. The van der Waals surface area contributed by atoms with Gasteiger partial charge in [-0.2, -0.15) is 114 Å². The molecular weight excluding hydrogens is 926 g/mol. The molecule has 344 valence electrons. The van der Waals surface area contributed by atoms with Gasteiger partial charge in [0.15, 0.2) is 19.8 Å². The third-order valence-corrected chi connectivity index (χ3v) is 6.11. The van der Waals surface area contributed by atoms with Crippen LogP contribution in [-0.2, 0) is 42.8 Å². The number of carbonyl (C=O) groups is 3. The Labute approximate surface area is 305 Å². The van der Waals surface area contributed by atoms with E-state index in [2.05, 4.69) is 14.2 Å². The number of halogens is 26. The van der Waals surface area contributed by atoms with Crippen LogP contribution in [-0.4, -0.2) is 104 Å². The van der Waals surface area contributed by atoms with Crippen molar-refractivity contribution in [2.24, 2.45) is 5.41 Å². The van der Waals surface area contributed by atoms with Gasteiger partial charge in [0, 0.05) is 0 Å². The van der Waals surface area contributed by atoms with Crippen LogP contribution in [0.1, 0.15) is 0 Å². The number of carbonyl (C=O) groups excluding carboxylic acids is 3. The number of ether oxygens (including phenoxy) is 6. The van der Waals surface area contributed by atoms with Gasteiger partial charge in [0.05, 0.1) is 0 Å². The summed E-state index contributed by atoms with van der Waals surface area (Å²) < 4.78 is 384. The van der Waals surface area contributed by atoms with Crippen LogP contribution in [0.5, 0.6) is 0 Å². The van der Waals surface area contributed by atoms with Crippen molar-refractivity contribution in [2.45, 2.75) is 66.5 Å². The molecule has 3 atom stereocenters. The Kier molecular flexibility index (Phi) is 15.4. The number of rotatable bonds is 19. The molecule has 0 saturated carbocycles. The van der Waals surface area contributed by atoms with E-state index in [1.54, 1.807) is 14.2 Å². The van der Waals surface area contributed by atoms with Crippen molar-refractivity contribution in [2.75, 3.05) is 19.8 Å². The lowest BCUT2D eigenvalue weighted by molar-refractivity contribution is -0.599. The third kappa shape index (κ3) is 10.7. The van der Waals surface area contributed by atoms with Crippen LogP contribution in [0.3, 0.4) is 0 Å². The molecule has 0 aromatic rings. The van der Waals surface area contributed by atoms with Crippen LogP contribution >= 0.6 is 0 Å². The van der Waals surface area contributed by atoms with Crippen LogP contribution < -0.4 is 0 Å². The fraction of sp³-hybridized carbons (Fsp3) is 0.625. The summed E-state index contributed by atoms with van der Waals surface area (Å²) in [5, 5.41) is 0. The maximum Gasteiger partial charge on any atom is 0.455 e. The van der Waals surface area contributed by atoms with E-state index in [-0.39, 0.29) is 0 Å². The van der Waals surface area contributed by atoms with E-state index in [1.165, 1.54) is 0 Å². The zero-order chi connectivity index (χ0) is 47.8. The quantitative estimate of drug-likeness (QED) is 0.0544. The van der Waals surface area contributed by atoms with Crippen LogP contribution in [0.25, 0.3) is 0 Å². The SMILES string of the molecule is C=C(F)C(=O)OCC(F)(OC(F)(F)C(C(F)(F)OC(F)(COC(=O)C(=C)F)C(F)(F)F)(C(F)(F)OC(F)(COC(=O)C(=C)F)C(F)(F)F)C(F)(F)C(F)(F)F)C(F)(F)F. The Morgan fingerprint density at radius 3 is 0.678 bits per heavy atom. The minimum Gasteiger partial charge on any atom is -0.454 e. The first-order valence-corrected chi connectivity index (χ1v) is 13.1. The lowest BCUT2D eigenvalue weighted by atomic mass is 9.75. The molecule has 0 aliphatic rings. The normalized spacial score (nSPS) is 18.0. The summed E-state index contributed by atoms with van der Waals surface area (Å²) in [6, 6.07) is 0. The average molecular weight is 938 g/mol. The Hall–Kier alpha value is -4.31. The predicted molar refractivity (Wildman–Crippen MR) is 125 cm³/mol. The highest BCUT2D eigenvalue weighted by molar-refractivity contribution is 5.85. The smallest absolute Gasteiger partial charge is 0.454 e. The van der Waals surface area contributed by atoms with E-state index in [9.17, 15) is 93.4 Å².